The molecule has 31 heavy (non-hydrogen) atoms. The average Bonchev–Trinajstić information content (AvgIpc) is 2.80. The van der Waals surface area contributed by atoms with Crippen LogP contribution in [-0.2, 0) is 19.2 Å². The van der Waals surface area contributed by atoms with E-state index in [1.165, 1.54) is 11.8 Å². The number of halogens is 1. The smallest absolute Gasteiger partial charge is 0.262 e. The molecule has 0 spiro atoms. The first-order valence-electron chi connectivity index (χ1n) is 9.98. The van der Waals surface area contributed by atoms with Crippen LogP contribution in [0.4, 0.5) is 0 Å². The molecule has 0 saturated heterocycles. The lowest BCUT2D eigenvalue weighted by Gasteiger charge is -2.11. The minimum Gasteiger partial charge on any atom is -0.290 e. The lowest BCUT2D eigenvalue weighted by Crippen LogP contribution is -2.21. The highest BCUT2D eigenvalue weighted by molar-refractivity contribution is 7.98. The van der Waals surface area contributed by atoms with Crippen molar-refractivity contribution in [1.82, 2.24) is 9.55 Å². The molecule has 1 heterocycles. The van der Waals surface area contributed by atoms with Crippen LogP contribution >= 0.6 is 23.4 Å². The van der Waals surface area contributed by atoms with Crippen molar-refractivity contribution in [3.8, 4) is 0 Å². The number of ketones is 1. The van der Waals surface area contributed by atoms with Gasteiger partial charge in [0.2, 0.25) is 0 Å². The minimum atomic E-state index is -0.0406. The molecule has 4 nitrogen and oxygen atoms in total. The van der Waals surface area contributed by atoms with Crippen molar-refractivity contribution in [3.05, 3.63) is 104 Å². The van der Waals surface area contributed by atoms with E-state index in [9.17, 15) is 9.59 Å². The minimum absolute atomic E-state index is 0.0196. The Morgan fingerprint density at radius 3 is 2.29 bits per heavy atom. The quantitative estimate of drug-likeness (QED) is 0.216. The molecular weight excluding hydrogens is 428 g/mol. The van der Waals surface area contributed by atoms with E-state index in [1.807, 2.05) is 49.4 Å². The maximum absolute atomic E-state index is 12.9. The molecule has 0 amide bonds. The van der Waals surface area contributed by atoms with Crippen LogP contribution in [0.2, 0.25) is 5.02 Å². The van der Waals surface area contributed by atoms with Crippen molar-refractivity contribution in [1.29, 1.82) is 0 Å². The van der Waals surface area contributed by atoms with Gasteiger partial charge in [-0.1, -0.05) is 66.7 Å². The molecular formula is C25H21ClN2O2S. The molecule has 0 aliphatic rings. The largest absolute Gasteiger partial charge is 0.290 e. The predicted molar refractivity (Wildman–Crippen MR) is 127 cm³/mol. The van der Waals surface area contributed by atoms with Crippen LogP contribution < -0.4 is 5.56 Å². The lowest BCUT2D eigenvalue weighted by molar-refractivity contribution is 0.103. The number of aromatic nitrogens is 2. The Hall–Kier alpha value is -2.89. The molecule has 0 atom stereocenters. The summed E-state index contributed by atoms with van der Waals surface area (Å²) < 4.78 is 1.62. The Kier molecular flexibility index (Phi) is 6.25. The third kappa shape index (κ3) is 4.43. The summed E-state index contributed by atoms with van der Waals surface area (Å²) in [7, 11) is 1.76. The third-order valence-corrected chi connectivity index (χ3v) is 6.57. The van der Waals surface area contributed by atoms with Crippen LogP contribution in [-0.4, -0.2) is 15.3 Å². The van der Waals surface area contributed by atoms with E-state index in [0.29, 0.717) is 32.4 Å². The number of rotatable bonds is 6. The van der Waals surface area contributed by atoms with Crippen LogP contribution in [0.1, 0.15) is 34.0 Å². The Balaban J connectivity index is 1.53. The van der Waals surface area contributed by atoms with Crippen LogP contribution in [0.25, 0.3) is 10.9 Å². The Labute approximate surface area is 189 Å². The van der Waals surface area contributed by atoms with Gasteiger partial charge in [0.05, 0.1) is 10.9 Å². The Morgan fingerprint density at radius 1 is 1.00 bits per heavy atom. The normalized spacial score (nSPS) is 11.1. The number of thioether (sulfide) groups is 1. The number of hydrogen-bond acceptors (Lipinski definition) is 4. The maximum Gasteiger partial charge on any atom is 0.262 e. The second kappa shape index (κ2) is 9.08. The second-order valence-electron chi connectivity index (χ2n) is 7.24. The highest BCUT2D eigenvalue weighted by Crippen LogP contribution is 2.23. The molecule has 6 heteroatoms. The summed E-state index contributed by atoms with van der Waals surface area (Å²) in [6.45, 7) is 2.04. The summed E-state index contributed by atoms with van der Waals surface area (Å²) in [6, 6.07) is 20.2. The SMILES string of the molecule is CCc1cccc2nc(SCc3ccc(C(=O)c4ccc(Cl)cc4)cc3)n(C)c(=O)c12. The number of carbonyl (C=O) groups excluding carboxylic acids is 1. The van der Waals surface area contributed by atoms with E-state index >= 15 is 0 Å². The summed E-state index contributed by atoms with van der Waals surface area (Å²) in [6.07, 6.45) is 0.793. The zero-order valence-electron chi connectivity index (χ0n) is 17.3. The number of carbonyl (C=O) groups is 1. The zero-order chi connectivity index (χ0) is 22.0. The number of fused-ring (bicyclic) bond motifs is 1. The summed E-state index contributed by atoms with van der Waals surface area (Å²) in [5.74, 6) is 0.607. The van der Waals surface area contributed by atoms with Gasteiger partial charge in [-0.3, -0.25) is 14.2 Å². The molecule has 156 valence electrons. The van der Waals surface area contributed by atoms with E-state index in [2.05, 4.69) is 0 Å². The van der Waals surface area contributed by atoms with Crippen LogP contribution in [0.15, 0.2) is 76.7 Å². The van der Waals surface area contributed by atoms with Crippen molar-refractivity contribution in [2.45, 2.75) is 24.3 Å². The molecule has 0 unspecified atom stereocenters. The number of aryl methyl sites for hydroxylation is 1. The molecule has 3 aromatic carbocycles. The summed E-state index contributed by atoms with van der Waals surface area (Å²) in [5, 5.41) is 1.97. The first-order valence-corrected chi connectivity index (χ1v) is 11.3. The van der Waals surface area contributed by atoms with Gasteiger partial charge in [-0.15, -0.1) is 0 Å². The molecule has 0 aliphatic carbocycles. The van der Waals surface area contributed by atoms with Gasteiger partial charge < -0.3 is 0 Å². The van der Waals surface area contributed by atoms with Gasteiger partial charge in [-0.2, -0.15) is 0 Å². The average molecular weight is 449 g/mol. The van der Waals surface area contributed by atoms with Crippen LogP contribution in [0.3, 0.4) is 0 Å². The first-order chi connectivity index (χ1) is 15.0. The third-order valence-electron chi connectivity index (χ3n) is 5.22. The van der Waals surface area contributed by atoms with Crippen molar-refractivity contribution < 1.29 is 4.79 Å². The van der Waals surface area contributed by atoms with Gasteiger partial charge in [0.15, 0.2) is 10.9 Å². The number of benzene rings is 3. The molecule has 0 radical (unpaired) electrons. The van der Waals surface area contributed by atoms with Gasteiger partial charge in [-0.05, 0) is 47.9 Å². The molecule has 1 aromatic heterocycles. The fourth-order valence-electron chi connectivity index (χ4n) is 3.45. The van der Waals surface area contributed by atoms with Crippen molar-refractivity contribution in [2.75, 3.05) is 0 Å². The van der Waals surface area contributed by atoms with Crippen molar-refractivity contribution in [2.24, 2.45) is 7.05 Å². The van der Waals surface area contributed by atoms with Crippen molar-refractivity contribution >= 4 is 40.0 Å². The molecule has 0 aliphatic heterocycles. The van der Waals surface area contributed by atoms with E-state index in [0.717, 1.165) is 23.1 Å². The Bertz CT molecular complexity index is 1310. The van der Waals surface area contributed by atoms with E-state index < -0.39 is 0 Å². The first kappa shape index (κ1) is 21.3. The molecule has 0 bridgehead atoms. The van der Waals surface area contributed by atoms with Gasteiger partial charge in [0, 0.05) is 29.0 Å². The fraction of sp³-hybridized carbons (Fsp3) is 0.160. The van der Waals surface area contributed by atoms with Gasteiger partial charge in [0.1, 0.15) is 0 Å². The molecule has 0 N–H and O–H groups in total. The fourth-order valence-corrected chi connectivity index (χ4v) is 4.50. The molecule has 4 aromatic rings. The van der Waals surface area contributed by atoms with Crippen LogP contribution in [0, 0.1) is 0 Å². The monoisotopic (exact) mass is 448 g/mol. The van der Waals surface area contributed by atoms with Crippen molar-refractivity contribution in [3.63, 3.8) is 0 Å². The van der Waals surface area contributed by atoms with Crippen LogP contribution in [0.5, 0.6) is 0 Å². The van der Waals surface area contributed by atoms with Gasteiger partial charge in [0.25, 0.3) is 5.56 Å². The highest BCUT2D eigenvalue weighted by atomic mass is 35.5. The highest BCUT2D eigenvalue weighted by Gasteiger charge is 2.12. The Morgan fingerprint density at radius 2 is 1.65 bits per heavy atom. The molecule has 4 rings (SSSR count). The summed E-state index contributed by atoms with van der Waals surface area (Å²) in [4.78, 5) is 30.2. The van der Waals surface area contributed by atoms with E-state index in [1.54, 1.807) is 35.9 Å². The second-order valence-corrected chi connectivity index (χ2v) is 8.62. The molecule has 0 saturated carbocycles. The lowest BCUT2D eigenvalue weighted by atomic mass is 10.0. The standard InChI is InChI=1S/C25H21ClN2O2S/c1-3-17-5-4-6-21-22(17)24(30)28(2)25(27-21)31-15-16-7-9-18(10-8-16)23(29)19-11-13-20(26)14-12-19/h4-14H,3,15H2,1-2H3. The number of hydrogen-bond donors (Lipinski definition) is 0. The van der Waals surface area contributed by atoms with E-state index in [-0.39, 0.29) is 11.3 Å². The summed E-state index contributed by atoms with van der Waals surface area (Å²) >= 11 is 7.40. The maximum atomic E-state index is 12.9. The zero-order valence-corrected chi connectivity index (χ0v) is 18.8. The van der Waals surface area contributed by atoms with E-state index in [4.69, 9.17) is 16.6 Å². The van der Waals surface area contributed by atoms with Gasteiger partial charge in [-0.25, -0.2) is 4.98 Å². The molecule has 0 fully saturated rings. The number of nitrogens with zero attached hydrogens (tertiary/aromatic N) is 2. The predicted octanol–water partition coefficient (Wildman–Crippen LogP) is 5.67. The topological polar surface area (TPSA) is 52.0 Å². The van der Waals surface area contributed by atoms with Gasteiger partial charge >= 0.3 is 0 Å². The summed E-state index contributed by atoms with van der Waals surface area (Å²) in [5.41, 5.74) is 4.01.